The lowest BCUT2D eigenvalue weighted by atomic mass is 10.1. The molecule has 0 atom stereocenters. The number of para-hydroxylation sites is 1. The van der Waals surface area contributed by atoms with Crippen LogP contribution >= 0.6 is 0 Å². The van der Waals surface area contributed by atoms with E-state index in [2.05, 4.69) is 4.98 Å². The number of nitrogens with zero attached hydrogens (tertiary/aromatic N) is 2. The van der Waals surface area contributed by atoms with Crippen molar-refractivity contribution in [2.75, 3.05) is 18.6 Å². The van der Waals surface area contributed by atoms with E-state index in [1.807, 2.05) is 41.3 Å². The first-order valence-electron chi connectivity index (χ1n) is 13.0. The number of anilines is 1. The van der Waals surface area contributed by atoms with Gasteiger partial charge in [0.05, 0.1) is 18.2 Å². The molecule has 0 saturated heterocycles. The fourth-order valence-electron chi connectivity index (χ4n) is 3.99. The Hall–Kier alpha value is -4.37. The molecule has 4 rings (SSSR count). The molecule has 0 radical (unpaired) electrons. The molecule has 0 aliphatic carbocycles. The number of alkyl halides is 3. The highest BCUT2D eigenvalue weighted by molar-refractivity contribution is 5.87. The molecular weight excluding hydrogens is 533 g/mol. The number of hydrogen-bond acceptors (Lipinski definition) is 5. The van der Waals surface area contributed by atoms with Gasteiger partial charge in [0.25, 0.3) is 0 Å². The highest BCUT2D eigenvalue weighted by atomic mass is 19.4. The Kier molecular flexibility index (Phi) is 10.9. The van der Waals surface area contributed by atoms with Crippen LogP contribution in [0.15, 0.2) is 91.1 Å². The second kappa shape index (κ2) is 14.3. The minimum absolute atomic E-state index is 0.167. The molecule has 41 heavy (non-hydrogen) atoms. The Morgan fingerprint density at radius 1 is 0.927 bits per heavy atom. The quantitative estimate of drug-likeness (QED) is 0.225. The summed E-state index contributed by atoms with van der Waals surface area (Å²) in [5, 5.41) is 17.2. The van der Waals surface area contributed by atoms with Crippen molar-refractivity contribution in [1.82, 2.24) is 4.98 Å². The summed E-state index contributed by atoms with van der Waals surface area (Å²) >= 11 is 0. The fraction of sp³-hybridized carbons (Fsp3) is 0.250. The van der Waals surface area contributed by atoms with E-state index in [0.717, 1.165) is 34.6 Å². The van der Waals surface area contributed by atoms with Crippen LogP contribution in [0.1, 0.15) is 40.9 Å². The van der Waals surface area contributed by atoms with E-state index < -0.39 is 17.7 Å². The number of pyridine rings is 1. The lowest BCUT2D eigenvalue weighted by Crippen LogP contribution is -2.26. The summed E-state index contributed by atoms with van der Waals surface area (Å²) in [4.78, 5) is 17.8. The molecule has 0 saturated carbocycles. The van der Waals surface area contributed by atoms with Gasteiger partial charge in [0.2, 0.25) is 0 Å². The van der Waals surface area contributed by atoms with E-state index >= 15 is 0 Å². The van der Waals surface area contributed by atoms with E-state index in [-0.39, 0.29) is 11.7 Å². The molecule has 0 amide bonds. The summed E-state index contributed by atoms with van der Waals surface area (Å²) in [6.07, 6.45) is -2.22. The number of carboxylic acids is 1. The minimum atomic E-state index is -4.39. The van der Waals surface area contributed by atoms with Crippen molar-refractivity contribution in [2.45, 2.75) is 39.1 Å². The number of aromatic carboxylic acids is 1. The SMILES string of the molecule is CC(C)O.COc1ccccc1-c1ccc(N(CCc2ccc(C(=O)O)cc2)Cc2ccc(C(F)(F)F)cc2)nc1. The second-order valence-electron chi connectivity index (χ2n) is 9.57. The van der Waals surface area contributed by atoms with Gasteiger partial charge in [-0.15, -0.1) is 0 Å². The van der Waals surface area contributed by atoms with Crippen LogP contribution in [0.5, 0.6) is 5.75 Å². The molecule has 1 heterocycles. The van der Waals surface area contributed by atoms with Crippen LogP contribution in [-0.2, 0) is 19.1 Å². The van der Waals surface area contributed by atoms with Crippen LogP contribution < -0.4 is 9.64 Å². The van der Waals surface area contributed by atoms with Gasteiger partial charge in [-0.05, 0) is 73.9 Å². The monoisotopic (exact) mass is 566 g/mol. The van der Waals surface area contributed by atoms with Crippen molar-refractivity contribution in [2.24, 2.45) is 0 Å². The maximum Gasteiger partial charge on any atom is 0.416 e. The number of aliphatic hydroxyl groups excluding tert-OH is 1. The summed E-state index contributed by atoms with van der Waals surface area (Å²) in [6.45, 7) is 4.32. The van der Waals surface area contributed by atoms with Crippen LogP contribution in [0.2, 0.25) is 0 Å². The van der Waals surface area contributed by atoms with E-state index in [4.69, 9.17) is 14.9 Å². The van der Waals surface area contributed by atoms with Gasteiger partial charge in [0, 0.05) is 36.5 Å². The number of hydrogen-bond donors (Lipinski definition) is 2. The molecule has 0 aliphatic rings. The van der Waals surface area contributed by atoms with Crippen molar-refractivity contribution in [3.05, 3.63) is 113 Å². The highest BCUT2D eigenvalue weighted by Gasteiger charge is 2.30. The zero-order chi connectivity index (χ0) is 30.0. The first-order chi connectivity index (χ1) is 19.5. The molecule has 6 nitrogen and oxygen atoms in total. The first-order valence-corrected chi connectivity index (χ1v) is 13.0. The van der Waals surface area contributed by atoms with E-state index in [1.54, 1.807) is 51.4 Å². The molecule has 0 unspecified atom stereocenters. The minimum Gasteiger partial charge on any atom is -0.496 e. The number of benzene rings is 3. The van der Waals surface area contributed by atoms with Crippen LogP contribution in [-0.4, -0.2) is 40.9 Å². The topological polar surface area (TPSA) is 82.9 Å². The van der Waals surface area contributed by atoms with Crippen LogP contribution in [0.4, 0.5) is 19.0 Å². The summed E-state index contributed by atoms with van der Waals surface area (Å²) in [5.41, 5.74) is 2.94. The predicted octanol–water partition coefficient (Wildman–Crippen LogP) is 7.11. The van der Waals surface area contributed by atoms with Crippen LogP contribution in [0.25, 0.3) is 11.1 Å². The summed E-state index contributed by atoms with van der Waals surface area (Å²) in [5.74, 6) is 0.402. The van der Waals surface area contributed by atoms with Crippen molar-refractivity contribution < 1.29 is 32.9 Å². The van der Waals surface area contributed by atoms with E-state index in [9.17, 15) is 18.0 Å². The number of ether oxygens (including phenoxy) is 1. The van der Waals surface area contributed by atoms with Gasteiger partial charge in [-0.1, -0.05) is 42.5 Å². The maximum absolute atomic E-state index is 13.0. The van der Waals surface area contributed by atoms with Gasteiger partial charge < -0.3 is 19.8 Å². The average molecular weight is 567 g/mol. The molecule has 0 fully saturated rings. The van der Waals surface area contributed by atoms with Crippen LogP contribution in [0, 0.1) is 0 Å². The first kappa shape index (κ1) is 31.2. The molecule has 4 aromatic rings. The standard InChI is InChI=1S/C29H25F3N2O3.C3H8O/c1-37-26-5-3-2-4-25(26)23-12-15-27(33-18-23)34(17-16-20-6-10-22(11-7-20)28(35)36)19-21-8-13-24(14-9-21)29(30,31)32;1-3(2)4/h2-15,18H,16-17,19H2,1H3,(H,35,36);3-4H,1-2H3. The highest BCUT2D eigenvalue weighted by Crippen LogP contribution is 2.31. The van der Waals surface area contributed by atoms with Crippen LogP contribution in [0.3, 0.4) is 0 Å². The molecule has 0 bridgehead atoms. The Bertz CT molecular complexity index is 1390. The predicted molar refractivity (Wildman–Crippen MR) is 153 cm³/mol. The lowest BCUT2D eigenvalue weighted by molar-refractivity contribution is -0.137. The maximum atomic E-state index is 13.0. The summed E-state index contributed by atoms with van der Waals surface area (Å²) < 4.78 is 44.4. The van der Waals surface area contributed by atoms with Gasteiger partial charge in [-0.3, -0.25) is 0 Å². The third-order valence-electron chi connectivity index (χ3n) is 6.02. The molecule has 9 heteroatoms. The molecule has 2 N–H and O–H groups in total. The van der Waals surface area contributed by atoms with Gasteiger partial charge in [-0.2, -0.15) is 13.2 Å². The zero-order valence-corrected chi connectivity index (χ0v) is 23.1. The number of carboxylic acid groups (broad SMARTS) is 1. The zero-order valence-electron chi connectivity index (χ0n) is 23.1. The van der Waals surface area contributed by atoms with Crippen molar-refractivity contribution in [1.29, 1.82) is 0 Å². The normalized spacial score (nSPS) is 11.0. The third-order valence-corrected chi connectivity index (χ3v) is 6.02. The number of rotatable bonds is 9. The number of aliphatic hydroxyl groups is 1. The fourth-order valence-corrected chi connectivity index (χ4v) is 3.99. The van der Waals surface area contributed by atoms with Crippen molar-refractivity contribution >= 4 is 11.8 Å². The molecule has 0 aliphatic heterocycles. The van der Waals surface area contributed by atoms with Crippen molar-refractivity contribution in [3.8, 4) is 16.9 Å². The van der Waals surface area contributed by atoms with E-state index in [1.165, 1.54) is 12.1 Å². The largest absolute Gasteiger partial charge is 0.496 e. The summed E-state index contributed by atoms with van der Waals surface area (Å²) in [6, 6.07) is 23.2. The summed E-state index contributed by atoms with van der Waals surface area (Å²) in [7, 11) is 1.61. The average Bonchev–Trinajstić information content (AvgIpc) is 2.95. The smallest absolute Gasteiger partial charge is 0.416 e. The van der Waals surface area contributed by atoms with Gasteiger partial charge in [-0.25, -0.2) is 9.78 Å². The Morgan fingerprint density at radius 2 is 1.54 bits per heavy atom. The molecular formula is C32H33F3N2O4. The third kappa shape index (κ3) is 9.36. The van der Waals surface area contributed by atoms with Gasteiger partial charge in [0.1, 0.15) is 11.6 Å². The van der Waals surface area contributed by atoms with E-state index in [0.29, 0.717) is 30.9 Å². The number of aromatic nitrogens is 1. The van der Waals surface area contributed by atoms with Gasteiger partial charge in [0.15, 0.2) is 0 Å². The second-order valence-corrected chi connectivity index (χ2v) is 9.57. The number of carbonyl (C=O) groups is 1. The Morgan fingerprint density at radius 3 is 2.07 bits per heavy atom. The number of methoxy groups -OCH3 is 1. The van der Waals surface area contributed by atoms with Crippen molar-refractivity contribution in [3.63, 3.8) is 0 Å². The molecule has 1 aromatic heterocycles. The molecule has 0 spiro atoms. The Balaban J connectivity index is 0.00000108. The Labute approximate surface area is 237 Å². The molecule has 3 aromatic carbocycles. The molecule has 216 valence electrons. The van der Waals surface area contributed by atoms with Gasteiger partial charge >= 0.3 is 12.1 Å². The number of halogens is 3. The lowest BCUT2D eigenvalue weighted by Gasteiger charge is -2.24.